The molecule has 0 unspecified atom stereocenters. The molecule has 0 radical (unpaired) electrons. The van der Waals surface area contributed by atoms with Crippen LogP contribution in [0.25, 0.3) is 6.08 Å². The summed E-state index contributed by atoms with van der Waals surface area (Å²) in [5.41, 5.74) is 0.636. The second-order valence-electron chi connectivity index (χ2n) is 5.67. The number of carbonyl (C=O) groups excluding carboxylic acids is 2. The van der Waals surface area contributed by atoms with Gasteiger partial charge in [0, 0.05) is 5.56 Å². The molecular weight excluding hydrogens is 362 g/mol. The van der Waals surface area contributed by atoms with Crippen LogP contribution in [0.15, 0.2) is 23.1 Å². The third kappa shape index (κ3) is 3.96. The van der Waals surface area contributed by atoms with Crippen LogP contribution < -0.4 is 14.6 Å². The second-order valence-corrected chi connectivity index (χ2v) is 7.34. The number of ether oxygens (including phenoxy) is 2. The summed E-state index contributed by atoms with van der Waals surface area (Å²) in [4.78, 5) is 25.6. The largest absolute Gasteiger partial charge is 0.548 e. The highest BCUT2D eigenvalue weighted by atomic mass is 32.2. The third-order valence-electron chi connectivity index (χ3n) is 3.70. The van der Waals surface area contributed by atoms with Crippen molar-refractivity contribution >= 4 is 46.3 Å². The molecule has 1 aromatic carbocycles. The van der Waals surface area contributed by atoms with Crippen LogP contribution in [0.3, 0.4) is 0 Å². The molecule has 1 atom stereocenters. The summed E-state index contributed by atoms with van der Waals surface area (Å²) in [6, 6.07) is 4.09. The second kappa shape index (κ2) is 7.88. The first-order chi connectivity index (χ1) is 11.8. The van der Waals surface area contributed by atoms with Gasteiger partial charge in [0.2, 0.25) is 0 Å². The Bertz CT molecular complexity index is 745. The van der Waals surface area contributed by atoms with Crippen molar-refractivity contribution in [1.82, 2.24) is 4.90 Å². The molecule has 1 saturated heterocycles. The van der Waals surface area contributed by atoms with Crippen molar-refractivity contribution in [3.63, 3.8) is 0 Å². The number of carboxylic acid groups (broad SMARTS) is 1. The Balaban J connectivity index is 2.42. The number of nitrogens with zero attached hydrogens (tertiary/aromatic N) is 1. The van der Waals surface area contributed by atoms with Crippen LogP contribution >= 0.6 is 24.0 Å². The minimum absolute atomic E-state index is 0.195. The van der Waals surface area contributed by atoms with Gasteiger partial charge in [0.25, 0.3) is 5.91 Å². The Morgan fingerprint density at radius 1 is 1.32 bits per heavy atom. The smallest absolute Gasteiger partial charge is 0.266 e. The van der Waals surface area contributed by atoms with Gasteiger partial charge in [0.15, 0.2) is 0 Å². The Morgan fingerprint density at radius 3 is 2.52 bits per heavy atom. The van der Waals surface area contributed by atoms with Gasteiger partial charge in [-0.05, 0) is 30.2 Å². The first kappa shape index (κ1) is 19.3. The van der Waals surface area contributed by atoms with Gasteiger partial charge in [-0.3, -0.25) is 9.69 Å². The monoisotopic (exact) mass is 380 g/mol. The van der Waals surface area contributed by atoms with E-state index in [0.29, 0.717) is 22.0 Å². The molecule has 0 aliphatic carbocycles. The zero-order valence-corrected chi connectivity index (χ0v) is 15.9. The van der Waals surface area contributed by atoms with E-state index in [-0.39, 0.29) is 10.2 Å². The predicted octanol–water partition coefficient (Wildman–Crippen LogP) is 1.68. The Kier molecular flexibility index (Phi) is 6.07. The molecule has 1 aliphatic rings. The molecule has 1 amide bonds. The summed E-state index contributed by atoms with van der Waals surface area (Å²) in [6.07, 6.45) is 1.62. The molecular formula is C17H18NO5S2-. The van der Waals surface area contributed by atoms with Crippen LogP contribution in [-0.4, -0.2) is 41.4 Å². The number of amides is 1. The Hall–Kier alpha value is -2.06. The lowest BCUT2D eigenvalue weighted by Gasteiger charge is -2.30. The minimum atomic E-state index is -1.33. The summed E-state index contributed by atoms with van der Waals surface area (Å²) >= 11 is 6.27. The van der Waals surface area contributed by atoms with Gasteiger partial charge in [-0.25, -0.2) is 0 Å². The van der Waals surface area contributed by atoms with E-state index in [1.54, 1.807) is 38.1 Å². The molecule has 1 heterocycles. The molecule has 0 aromatic heterocycles. The van der Waals surface area contributed by atoms with E-state index in [1.807, 2.05) is 0 Å². The number of benzene rings is 1. The molecule has 8 heteroatoms. The van der Waals surface area contributed by atoms with Gasteiger partial charge in [0.05, 0.1) is 31.1 Å². The molecule has 2 rings (SSSR count). The first-order valence-electron chi connectivity index (χ1n) is 7.50. The maximum atomic E-state index is 12.7. The maximum Gasteiger partial charge on any atom is 0.266 e. The van der Waals surface area contributed by atoms with Gasteiger partial charge in [-0.2, -0.15) is 0 Å². The van der Waals surface area contributed by atoms with Crippen LogP contribution in [0, 0.1) is 5.92 Å². The average Bonchev–Trinajstić information content (AvgIpc) is 2.82. The van der Waals surface area contributed by atoms with Crippen LogP contribution in [-0.2, 0) is 9.59 Å². The van der Waals surface area contributed by atoms with Crippen LogP contribution in [0.5, 0.6) is 11.5 Å². The fourth-order valence-electron chi connectivity index (χ4n) is 2.49. The fraction of sp³-hybridized carbons (Fsp3) is 0.353. The summed E-state index contributed by atoms with van der Waals surface area (Å²) in [5, 5.41) is 11.4. The van der Waals surface area contributed by atoms with Gasteiger partial charge in [-0.1, -0.05) is 37.8 Å². The number of hydrogen-bond acceptors (Lipinski definition) is 7. The number of aliphatic carboxylic acids is 1. The van der Waals surface area contributed by atoms with Gasteiger partial charge in [0.1, 0.15) is 15.8 Å². The van der Waals surface area contributed by atoms with Crippen LogP contribution in [0.4, 0.5) is 0 Å². The average molecular weight is 380 g/mol. The van der Waals surface area contributed by atoms with Crippen LogP contribution in [0.1, 0.15) is 19.4 Å². The first-order valence-corrected chi connectivity index (χ1v) is 8.72. The topological polar surface area (TPSA) is 78.9 Å². The highest BCUT2D eigenvalue weighted by Gasteiger charge is 2.39. The number of methoxy groups -OCH3 is 2. The molecule has 6 nitrogen and oxygen atoms in total. The van der Waals surface area contributed by atoms with E-state index in [1.165, 1.54) is 14.2 Å². The van der Waals surface area contributed by atoms with Crippen molar-refractivity contribution in [3.05, 3.63) is 28.7 Å². The van der Waals surface area contributed by atoms with E-state index in [0.717, 1.165) is 16.7 Å². The zero-order chi connectivity index (χ0) is 18.7. The molecule has 0 bridgehead atoms. The number of thiocarbonyl (C=S) groups is 1. The van der Waals surface area contributed by atoms with Crippen molar-refractivity contribution in [3.8, 4) is 11.5 Å². The van der Waals surface area contributed by atoms with Gasteiger partial charge >= 0.3 is 0 Å². The highest BCUT2D eigenvalue weighted by molar-refractivity contribution is 8.26. The SMILES string of the molecule is COc1ccc(OC)c(/C=C2\SC(=S)N([C@H](C(=O)[O-])C(C)C)C2=O)c1. The van der Waals surface area contributed by atoms with Crippen molar-refractivity contribution in [2.75, 3.05) is 14.2 Å². The number of carboxylic acids is 1. The van der Waals surface area contributed by atoms with E-state index in [4.69, 9.17) is 21.7 Å². The van der Waals surface area contributed by atoms with Crippen molar-refractivity contribution < 1.29 is 24.2 Å². The number of thioether (sulfide) groups is 1. The van der Waals surface area contributed by atoms with Crippen molar-refractivity contribution in [2.45, 2.75) is 19.9 Å². The standard InChI is InChI=1S/C17H19NO5S2/c1-9(2)14(16(20)21)18-15(19)13(25-17(18)24)8-10-7-11(22-3)5-6-12(10)23-4/h5-9,14H,1-4H3,(H,20,21)/p-1/b13-8-/t14-/m0/s1. The molecule has 25 heavy (non-hydrogen) atoms. The Morgan fingerprint density at radius 2 is 2.00 bits per heavy atom. The minimum Gasteiger partial charge on any atom is -0.548 e. The van der Waals surface area contributed by atoms with Gasteiger partial charge in [-0.15, -0.1) is 0 Å². The number of carbonyl (C=O) groups is 2. The van der Waals surface area contributed by atoms with E-state index in [9.17, 15) is 14.7 Å². The third-order valence-corrected chi connectivity index (χ3v) is 5.03. The molecule has 0 saturated carbocycles. The van der Waals surface area contributed by atoms with E-state index in [2.05, 4.69) is 0 Å². The molecule has 1 aliphatic heterocycles. The summed E-state index contributed by atoms with van der Waals surface area (Å²) in [6.45, 7) is 3.40. The Labute approximate surface area is 155 Å². The fourth-order valence-corrected chi connectivity index (χ4v) is 3.81. The summed E-state index contributed by atoms with van der Waals surface area (Å²) < 4.78 is 10.7. The molecule has 0 spiro atoms. The predicted molar refractivity (Wildman–Crippen MR) is 98.2 cm³/mol. The highest BCUT2D eigenvalue weighted by Crippen LogP contribution is 2.37. The van der Waals surface area contributed by atoms with Gasteiger partial charge < -0.3 is 19.4 Å². The normalized spacial score (nSPS) is 17.3. The lowest BCUT2D eigenvalue weighted by molar-refractivity contribution is -0.311. The number of rotatable bonds is 6. The van der Waals surface area contributed by atoms with Crippen molar-refractivity contribution in [2.24, 2.45) is 5.92 Å². The van der Waals surface area contributed by atoms with E-state index >= 15 is 0 Å². The molecule has 134 valence electrons. The molecule has 1 aromatic rings. The molecule has 1 fully saturated rings. The lowest BCUT2D eigenvalue weighted by Crippen LogP contribution is -2.52. The van der Waals surface area contributed by atoms with E-state index < -0.39 is 17.9 Å². The summed E-state index contributed by atoms with van der Waals surface area (Å²) in [5.74, 6) is -0.948. The van der Waals surface area contributed by atoms with Crippen molar-refractivity contribution in [1.29, 1.82) is 0 Å². The lowest BCUT2D eigenvalue weighted by atomic mass is 10.0. The summed E-state index contributed by atoms with van der Waals surface area (Å²) in [7, 11) is 3.06. The number of hydrogen-bond donors (Lipinski definition) is 0. The molecule has 0 N–H and O–H groups in total. The maximum absolute atomic E-state index is 12.7. The van der Waals surface area contributed by atoms with Crippen LogP contribution in [0.2, 0.25) is 0 Å². The zero-order valence-electron chi connectivity index (χ0n) is 14.3. The quantitative estimate of drug-likeness (QED) is 0.549.